The van der Waals surface area contributed by atoms with Crippen LogP contribution in [-0.4, -0.2) is 96.0 Å². The Kier molecular flexibility index (Phi) is 41.0. The number of ether oxygens (including phenoxy) is 4. The molecule has 6 atom stereocenters. The summed E-state index contributed by atoms with van der Waals surface area (Å²) in [7, 11) is -4.60. The number of rotatable bonds is 47. The minimum atomic E-state index is -4.60. The first-order valence-electron chi connectivity index (χ1n) is 27.2. The van der Waals surface area contributed by atoms with Gasteiger partial charge in [-0.15, -0.1) is 0 Å². The number of aliphatic hydroxyl groups is 3. The standard InChI is InChI=1S/C53H100O12S/c1-3-5-7-9-11-13-15-17-19-20-21-22-23-24-25-26-27-28-30-31-33-35-37-39-41-48(54)62-43-46(44-63-53-52(58)51(57)50(56)47(65-53)45-66(59,60)61)64-49(55)42-40-38-36-34-32-29-18-16-14-12-10-8-6-4-2/h16,18,46-47,50-53,56-58H,3-15,17,19-45H2,1-2H3,(H,59,60,61)/b18-16-. The van der Waals surface area contributed by atoms with Gasteiger partial charge in [-0.25, -0.2) is 0 Å². The molecule has 1 fully saturated rings. The molecule has 0 aromatic rings. The molecule has 6 unspecified atom stereocenters. The quantitative estimate of drug-likeness (QED) is 0.0196. The molecule has 1 saturated heterocycles. The molecule has 13 heteroatoms. The van der Waals surface area contributed by atoms with E-state index in [4.69, 9.17) is 18.9 Å². The zero-order valence-electron chi connectivity index (χ0n) is 42.1. The Morgan fingerprint density at radius 2 is 0.864 bits per heavy atom. The van der Waals surface area contributed by atoms with Gasteiger partial charge in [0.15, 0.2) is 12.4 Å². The highest BCUT2D eigenvalue weighted by Crippen LogP contribution is 2.24. The molecule has 0 saturated carbocycles. The van der Waals surface area contributed by atoms with Gasteiger partial charge in [0, 0.05) is 12.8 Å². The van der Waals surface area contributed by atoms with Crippen molar-refractivity contribution in [1.82, 2.24) is 0 Å². The molecule has 0 aromatic carbocycles. The number of allylic oxidation sites excluding steroid dienone is 2. The van der Waals surface area contributed by atoms with Crippen LogP contribution in [0.25, 0.3) is 0 Å². The lowest BCUT2D eigenvalue weighted by Gasteiger charge is -2.40. The van der Waals surface area contributed by atoms with E-state index in [-0.39, 0.29) is 19.4 Å². The van der Waals surface area contributed by atoms with E-state index >= 15 is 0 Å². The highest BCUT2D eigenvalue weighted by molar-refractivity contribution is 7.85. The lowest BCUT2D eigenvalue weighted by molar-refractivity contribution is -0.297. The highest BCUT2D eigenvalue weighted by atomic mass is 32.2. The monoisotopic (exact) mass is 961 g/mol. The zero-order valence-corrected chi connectivity index (χ0v) is 42.9. The van der Waals surface area contributed by atoms with E-state index in [9.17, 15) is 37.9 Å². The number of hydrogen-bond donors (Lipinski definition) is 4. The van der Waals surface area contributed by atoms with Gasteiger partial charge in [0.05, 0.1) is 6.61 Å². The second-order valence-electron chi connectivity index (χ2n) is 19.3. The van der Waals surface area contributed by atoms with Crippen LogP contribution in [0.2, 0.25) is 0 Å². The van der Waals surface area contributed by atoms with Gasteiger partial charge in [-0.3, -0.25) is 14.1 Å². The van der Waals surface area contributed by atoms with Crippen molar-refractivity contribution in [1.29, 1.82) is 0 Å². The maximum absolute atomic E-state index is 12.8. The molecule has 12 nitrogen and oxygen atoms in total. The molecular formula is C53H100O12S. The first-order valence-corrected chi connectivity index (χ1v) is 28.9. The Morgan fingerprint density at radius 1 is 0.500 bits per heavy atom. The van der Waals surface area contributed by atoms with Crippen molar-refractivity contribution >= 4 is 22.1 Å². The Labute approximate surface area is 403 Å². The van der Waals surface area contributed by atoms with Crippen molar-refractivity contribution < 1.29 is 56.8 Å². The summed E-state index contributed by atoms with van der Waals surface area (Å²) in [6.07, 6.45) is 39.8. The fourth-order valence-corrected chi connectivity index (χ4v) is 9.31. The normalized spacial score (nSPS) is 19.4. The average Bonchev–Trinajstić information content (AvgIpc) is 3.28. The number of aliphatic hydroxyl groups excluding tert-OH is 3. The summed E-state index contributed by atoms with van der Waals surface area (Å²) < 4.78 is 54.3. The smallest absolute Gasteiger partial charge is 0.306 e. The van der Waals surface area contributed by atoms with E-state index in [1.54, 1.807) is 0 Å². The van der Waals surface area contributed by atoms with Gasteiger partial charge >= 0.3 is 11.9 Å². The SMILES string of the molecule is CCCCCCC/C=C\CCCCCCCC(=O)OC(COC(=O)CCCCCCCCCCCCCCCCCCCCCCCCCC)COC1OC(CS(=O)(=O)O)C(O)C(O)C1O. The van der Waals surface area contributed by atoms with Gasteiger partial charge in [-0.1, -0.05) is 219 Å². The summed E-state index contributed by atoms with van der Waals surface area (Å²) >= 11 is 0. The van der Waals surface area contributed by atoms with Crippen molar-refractivity contribution in [3.8, 4) is 0 Å². The van der Waals surface area contributed by atoms with Crippen molar-refractivity contribution in [3.63, 3.8) is 0 Å². The molecule has 1 aliphatic heterocycles. The van der Waals surface area contributed by atoms with E-state index in [1.165, 1.54) is 161 Å². The van der Waals surface area contributed by atoms with E-state index in [0.29, 0.717) is 12.8 Å². The topological polar surface area (TPSA) is 186 Å². The third-order valence-electron chi connectivity index (χ3n) is 12.8. The molecule has 390 valence electrons. The number of carbonyl (C=O) groups excluding carboxylic acids is 2. The number of esters is 2. The largest absolute Gasteiger partial charge is 0.462 e. The fourth-order valence-electron chi connectivity index (χ4n) is 8.62. The summed E-state index contributed by atoms with van der Waals surface area (Å²) in [4.78, 5) is 25.5. The second kappa shape index (κ2) is 43.4. The molecule has 0 amide bonds. The summed E-state index contributed by atoms with van der Waals surface area (Å²) in [5.41, 5.74) is 0. The van der Waals surface area contributed by atoms with E-state index in [2.05, 4.69) is 26.0 Å². The Balaban J connectivity index is 2.29. The van der Waals surface area contributed by atoms with Crippen LogP contribution in [0.1, 0.15) is 258 Å². The first-order chi connectivity index (χ1) is 32.0. The zero-order chi connectivity index (χ0) is 48.4. The number of unbranched alkanes of at least 4 members (excludes halogenated alkanes) is 33. The second-order valence-corrected chi connectivity index (χ2v) is 20.8. The van der Waals surface area contributed by atoms with Crippen molar-refractivity contribution in [2.45, 2.75) is 295 Å². The van der Waals surface area contributed by atoms with E-state index in [1.807, 2.05) is 0 Å². The van der Waals surface area contributed by atoms with E-state index < -0.39 is 71.2 Å². The number of carbonyl (C=O) groups is 2. The summed E-state index contributed by atoms with van der Waals surface area (Å²) in [6.45, 7) is 3.79. The minimum absolute atomic E-state index is 0.159. The summed E-state index contributed by atoms with van der Waals surface area (Å²) in [5, 5.41) is 31.0. The van der Waals surface area contributed by atoms with Crippen LogP contribution < -0.4 is 0 Å². The molecule has 1 heterocycles. The lowest BCUT2D eigenvalue weighted by atomic mass is 10.00. The molecule has 0 bridgehead atoms. The Morgan fingerprint density at radius 3 is 1.26 bits per heavy atom. The fraction of sp³-hybridized carbons (Fsp3) is 0.925. The van der Waals surface area contributed by atoms with Crippen molar-refractivity contribution in [3.05, 3.63) is 12.2 Å². The average molecular weight is 961 g/mol. The van der Waals surface area contributed by atoms with Crippen molar-refractivity contribution in [2.75, 3.05) is 19.0 Å². The van der Waals surface area contributed by atoms with Crippen LogP contribution in [0, 0.1) is 0 Å². The molecule has 4 N–H and O–H groups in total. The predicted molar refractivity (Wildman–Crippen MR) is 266 cm³/mol. The van der Waals surface area contributed by atoms with Gasteiger partial charge < -0.3 is 34.3 Å². The minimum Gasteiger partial charge on any atom is -0.462 e. The molecule has 66 heavy (non-hydrogen) atoms. The van der Waals surface area contributed by atoms with Gasteiger partial charge in [0.25, 0.3) is 10.1 Å². The highest BCUT2D eigenvalue weighted by Gasteiger charge is 2.46. The summed E-state index contributed by atoms with van der Waals surface area (Å²) in [5.74, 6) is -1.97. The molecule has 1 aliphatic rings. The Hall–Kier alpha value is -1.61. The van der Waals surface area contributed by atoms with Gasteiger partial charge in [0.1, 0.15) is 36.8 Å². The maximum atomic E-state index is 12.8. The van der Waals surface area contributed by atoms with Crippen LogP contribution in [-0.2, 0) is 38.7 Å². The van der Waals surface area contributed by atoms with Crippen molar-refractivity contribution in [2.24, 2.45) is 0 Å². The first kappa shape index (κ1) is 62.4. The number of hydrogen-bond acceptors (Lipinski definition) is 11. The molecule has 0 aliphatic carbocycles. The van der Waals surface area contributed by atoms with E-state index in [0.717, 1.165) is 57.8 Å². The van der Waals surface area contributed by atoms with Gasteiger partial charge in [0.2, 0.25) is 0 Å². The molecule has 0 radical (unpaired) electrons. The molecule has 0 aromatic heterocycles. The summed E-state index contributed by atoms with van der Waals surface area (Å²) in [6, 6.07) is 0. The van der Waals surface area contributed by atoms with Gasteiger partial charge in [-0.2, -0.15) is 8.42 Å². The molecule has 1 rings (SSSR count). The van der Waals surface area contributed by atoms with Crippen LogP contribution in [0.4, 0.5) is 0 Å². The van der Waals surface area contributed by atoms with Crippen LogP contribution in [0.15, 0.2) is 12.2 Å². The molecular weight excluding hydrogens is 861 g/mol. The maximum Gasteiger partial charge on any atom is 0.306 e. The van der Waals surface area contributed by atoms with Crippen LogP contribution in [0.5, 0.6) is 0 Å². The third kappa shape index (κ3) is 37.3. The lowest BCUT2D eigenvalue weighted by Crippen LogP contribution is -2.60. The third-order valence-corrected chi connectivity index (χ3v) is 13.6. The molecule has 0 spiro atoms. The van der Waals surface area contributed by atoms with Crippen LogP contribution >= 0.6 is 0 Å². The van der Waals surface area contributed by atoms with Gasteiger partial charge in [-0.05, 0) is 38.5 Å². The van der Waals surface area contributed by atoms with Crippen LogP contribution in [0.3, 0.4) is 0 Å². The predicted octanol–water partition coefficient (Wildman–Crippen LogP) is 12.6. The Bertz CT molecular complexity index is 1260.